The van der Waals surface area contributed by atoms with E-state index in [1.165, 1.54) is 12.1 Å². The van der Waals surface area contributed by atoms with Gasteiger partial charge in [0, 0.05) is 11.1 Å². The number of sulfonamides is 1. The van der Waals surface area contributed by atoms with E-state index in [-0.39, 0.29) is 39.3 Å². The Bertz CT molecular complexity index is 586. The van der Waals surface area contributed by atoms with Gasteiger partial charge in [0.15, 0.2) is 0 Å². The second-order valence-corrected chi connectivity index (χ2v) is 7.80. The van der Waals surface area contributed by atoms with Gasteiger partial charge in [0.1, 0.15) is 4.90 Å². The summed E-state index contributed by atoms with van der Waals surface area (Å²) in [5.41, 5.74) is 0. The SMILES string of the molecule is CC1CNCCC1NS(=O)(=O)c1c(Cl)cc(Cl)cc1Cl.Cl. The molecular weight excluding hydrogens is 378 g/mol. The fourth-order valence-corrected chi connectivity index (χ4v) is 5.16. The van der Waals surface area contributed by atoms with Gasteiger partial charge in [-0.1, -0.05) is 41.7 Å². The molecule has 1 aromatic carbocycles. The molecule has 0 amide bonds. The van der Waals surface area contributed by atoms with Crippen molar-refractivity contribution in [2.24, 2.45) is 5.92 Å². The van der Waals surface area contributed by atoms with Crippen LogP contribution in [-0.2, 0) is 10.0 Å². The van der Waals surface area contributed by atoms with Crippen molar-refractivity contribution in [3.63, 3.8) is 0 Å². The van der Waals surface area contributed by atoms with Gasteiger partial charge in [-0.05, 0) is 37.6 Å². The first-order valence-electron chi connectivity index (χ1n) is 6.19. The summed E-state index contributed by atoms with van der Waals surface area (Å²) in [5.74, 6) is 0.198. The molecule has 9 heteroatoms. The van der Waals surface area contributed by atoms with E-state index in [2.05, 4.69) is 10.0 Å². The first kappa shape index (κ1) is 19.3. The van der Waals surface area contributed by atoms with Crippen LogP contribution in [-0.4, -0.2) is 27.5 Å². The average Bonchev–Trinajstić information content (AvgIpc) is 2.30. The molecule has 1 aliphatic heterocycles. The molecule has 1 aliphatic rings. The molecule has 0 aromatic heterocycles. The average molecular weight is 394 g/mol. The van der Waals surface area contributed by atoms with Crippen LogP contribution in [0.5, 0.6) is 0 Å². The second kappa shape index (κ2) is 7.68. The third-order valence-corrected chi connectivity index (χ3v) is 5.95. The Labute approximate surface area is 146 Å². The standard InChI is InChI=1S/C12H15Cl3N2O2S.ClH/c1-7-6-16-3-2-11(7)17-20(18,19)12-9(14)4-8(13)5-10(12)15;/h4-5,7,11,16-17H,2-3,6H2,1H3;1H. The van der Waals surface area contributed by atoms with E-state index < -0.39 is 10.0 Å². The fourth-order valence-electron chi connectivity index (χ4n) is 2.23. The quantitative estimate of drug-likeness (QED) is 0.827. The molecule has 2 atom stereocenters. The molecule has 0 spiro atoms. The molecule has 1 saturated heterocycles. The molecule has 1 fully saturated rings. The Balaban J connectivity index is 0.00000220. The third kappa shape index (κ3) is 4.61. The Morgan fingerprint density at radius 1 is 1.24 bits per heavy atom. The van der Waals surface area contributed by atoms with Gasteiger partial charge in [-0.2, -0.15) is 0 Å². The third-order valence-electron chi connectivity index (χ3n) is 3.32. The van der Waals surface area contributed by atoms with Crippen LogP contribution in [0.15, 0.2) is 17.0 Å². The first-order valence-corrected chi connectivity index (χ1v) is 8.80. The second-order valence-electron chi connectivity index (χ2n) is 4.90. The van der Waals surface area contributed by atoms with Gasteiger partial charge in [-0.15, -0.1) is 12.4 Å². The van der Waals surface area contributed by atoms with Crippen molar-refractivity contribution < 1.29 is 8.42 Å². The summed E-state index contributed by atoms with van der Waals surface area (Å²) in [4.78, 5) is -0.115. The number of rotatable bonds is 3. The summed E-state index contributed by atoms with van der Waals surface area (Å²) >= 11 is 17.7. The molecule has 0 aliphatic carbocycles. The Kier molecular flexibility index (Phi) is 7.06. The van der Waals surface area contributed by atoms with Gasteiger partial charge in [-0.25, -0.2) is 13.1 Å². The van der Waals surface area contributed by atoms with Gasteiger partial charge in [-0.3, -0.25) is 0 Å². The van der Waals surface area contributed by atoms with E-state index in [0.717, 1.165) is 19.5 Å². The predicted octanol–water partition coefficient (Wildman–Crippen LogP) is 3.34. The van der Waals surface area contributed by atoms with Crippen LogP contribution in [0.25, 0.3) is 0 Å². The highest BCUT2D eigenvalue weighted by Crippen LogP contribution is 2.33. The summed E-state index contributed by atoms with van der Waals surface area (Å²) in [6.07, 6.45) is 0.725. The number of nitrogens with one attached hydrogen (secondary N) is 2. The van der Waals surface area contributed by atoms with E-state index in [0.29, 0.717) is 5.02 Å². The zero-order valence-electron chi connectivity index (χ0n) is 11.2. The van der Waals surface area contributed by atoms with Crippen molar-refractivity contribution in [3.8, 4) is 0 Å². The van der Waals surface area contributed by atoms with Gasteiger partial charge >= 0.3 is 0 Å². The summed E-state index contributed by atoms with van der Waals surface area (Å²) in [6, 6.07) is 2.61. The molecule has 0 bridgehead atoms. The number of hydrogen-bond acceptors (Lipinski definition) is 3. The van der Waals surface area contributed by atoms with E-state index in [9.17, 15) is 8.42 Å². The van der Waals surface area contributed by atoms with Crippen molar-refractivity contribution >= 4 is 57.2 Å². The van der Waals surface area contributed by atoms with Crippen LogP contribution >= 0.6 is 47.2 Å². The van der Waals surface area contributed by atoms with Gasteiger partial charge in [0.25, 0.3) is 0 Å². The van der Waals surface area contributed by atoms with Gasteiger partial charge in [0.2, 0.25) is 10.0 Å². The molecule has 4 nitrogen and oxygen atoms in total. The number of halogens is 4. The topological polar surface area (TPSA) is 58.2 Å². The number of benzene rings is 1. The molecule has 2 N–H and O–H groups in total. The minimum absolute atomic E-state index is 0. The highest BCUT2D eigenvalue weighted by molar-refractivity contribution is 7.89. The number of piperidine rings is 1. The van der Waals surface area contributed by atoms with Crippen LogP contribution in [0, 0.1) is 5.92 Å². The Hall–Kier alpha value is 0.250. The van der Waals surface area contributed by atoms with E-state index in [4.69, 9.17) is 34.8 Å². The normalized spacial score (nSPS) is 22.7. The van der Waals surface area contributed by atoms with Crippen molar-refractivity contribution in [1.29, 1.82) is 0 Å². The van der Waals surface area contributed by atoms with Crippen LogP contribution in [0.1, 0.15) is 13.3 Å². The molecule has 0 saturated carbocycles. The van der Waals surface area contributed by atoms with Gasteiger partial charge < -0.3 is 5.32 Å². The minimum Gasteiger partial charge on any atom is -0.316 e. The highest BCUT2D eigenvalue weighted by Gasteiger charge is 2.29. The van der Waals surface area contributed by atoms with Crippen molar-refractivity contribution in [2.45, 2.75) is 24.3 Å². The smallest absolute Gasteiger partial charge is 0.243 e. The zero-order valence-corrected chi connectivity index (χ0v) is 15.1. The molecule has 2 unspecified atom stereocenters. The van der Waals surface area contributed by atoms with Gasteiger partial charge in [0.05, 0.1) is 10.0 Å². The summed E-state index contributed by atoms with van der Waals surface area (Å²) in [5, 5.41) is 3.57. The van der Waals surface area contributed by atoms with Crippen LogP contribution in [0.2, 0.25) is 15.1 Å². The summed E-state index contributed by atoms with van der Waals surface area (Å²) < 4.78 is 27.6. The lowest BCUT2D eigenvalue weighted by atomic mass is 9.97. The van der Waals surface area contributed by atoms with Crippen molar-refractivity contribution in [1.82, 2.24) is 10.0 Å². The summed E-state index contributed by atoms with van der Waals surface area (Å²) in [7, 11) is -3.77. The molecule has 1 heterocycles. The van der Waals surface area contributed by atoms with Crippen LogP contribution < -0.4 is 10.0 Å². The lowest BCUT2D eigenvalue weighted by Crippen LogP contribution is -2.48. The zero-order chi connectivity index (χ0) is 14.9. The van der Waals surface area contributed by atoms with Crippen LogP contribution in [0.3, 0.4) is 0 Å². The maximum atomic E-state index is 12.5. The lowest BCUT2D eigenvalue weighted by Gasteiger charge is -2.30. The first-order chi connectivity index (χ1) is 9.31. The van der Waals surface area contributed by atoms with Crippen LogP contribution in [0.4, 0.5) is 0 Å². The maximum absolute atomic E-state index is 12.5. The molecule has 1 aromatic rings. The Morgan fingerprint density at radius 3 is 2.33 bits per heavy atom. The molecule has 120 valence electrons. The molecular formula is C12H16Cl4N2O2S. The largest absolute Gasteiger partial charge is 0.316 e. The summed E-state index contributed by atoms with van der Waals surface area (Å²) in [6.45, 7) is 3.54. The van der Waals surface area contributed by atoms with E-state index >= 15 is 0 Å². The monoisotopic (exact) mass is 392 g/mol. The Morgan fingerprint density at radius 2 is 1.81 bits per heavy atom. The van der Waals surface area contributed by atoms with Crippen molar-refractivity contribution in [2.75, 3.05) is 13.1 Å². The molecule has 2 rings (SSSR count). The van der Waals surface area contributed by atoms with Crippen molar-refractivity contribution in [3.05, 3.63) is 27.2 Å². The van der Waals surface area contributed by atoms with E-state index in [1.54, 1.807) is 0 Å². The maximum Gasteiger partial charge on any atom is 0.243 e. The molecule has 0 radical (unpaired) electrons. The number of hydrogen-bond donors (Lipinski definition) is 2. The minimum atomic E-state index is -3.77. The predicted molar refractivity (Wildman–Crippen MR) is 89.5 cm³/mol. The molecule has 21 heavy (non-hydrogen) atoms. The lowest BCUT2D eigenvalue weighted by molar-refractivity contribution is 0.328. The fraction of sp³-hybridized carbons (Fsp3) is 0.500. The van der Waals surface area contributed by atoms with E-state index in [1.807, 2.05) is 6.92 Å². The highest BCUT2D eigenvalue weighted by atomic mass is 35.5.